The van der Waals surface area contributed by atoms with Gasteiger partial charge in [0.25, 0.3) is 0 Å². The first kappa shape index (κ1) is 14.3. The Kier molecular flexibility index (Phi) is 4.94. The number of rotatable bonds is 4. The molecule has 7 nitrogen and oxygen atoms in total. The molecule has 0 aromatic rings. The molecule has 3 N–H and O–H groups in total. The first-order valence-corrected chi connectivity index (χ1v) is 6.05. The highest BCUT2D eigenvalue weighted by atomic mass is 16.4. The van der Waals surface area contributed by atoms with Crippen molar-refractivity contribution in [1.29, 1.82) is 0 Å². The Balaban J connectivity index is 2.63. The molecule has 0 saturated carbocycles. The maximum absolute atomic E-state index is 11.9. The van der Waals surface area contributed by atoms with Crippen molar-refractivity contribution in [3.63, 3.8) is 0 Å². The Morgan fingerprint density at radius 2 is 2.28 bits per heavy atom. The van der Waals surface area contributed by atoms with Gasteiger partial charge in [0.05, 0.1) is 0 Å². The average Bonchev–Trinajstić information content (AvgIpc) is 2.31. The largest absolute Gasteiger partial charge is 0.480 e. The molecule has 1 saturated heterocycles. The number of carbonyl (C=O) groups is 3. The molecule has 0 spiro atoms. The average molecular weight is 257 g/mol. The van der Waals surface area contributed by atoms with Gasteiger partial charge in [-0.3, -0.25) is 4.79 Å². The molecule has 0 aliphatic carbocycles. The first-order chi connectivity index (χ1) is 8.47. The summed E-state index contributed by atoms with van der Waals surface area (Å²) in [6.45, 7) is 4.24. The number of carbonyl (C=O) groups excluding carboxylic acids is 2. The Bertz CT molecular complexity index is 345. The molecular weight excluding hydrogens is 238 g/mol. The van der Waals surface area contributed by atoms with Gasteiger partial charge in [-0.05, 0) is 13.3 Å². The third-order valence-electron chi connectivity index (χ3n) is 2.93. The van der Waals surface area contributed by atoms with Crippen LogP contribution in [0.4, 0.5) is 4.79 Å². The topological polar surface area (TPSA) is 98.7 Å². The lowest BCUT2D eigenvalue weighted by Gasteiger charge is -2.33. The van der Waals surface area contributed by atoms with E-state index < -0.39 is 24.1 Å². The lowest BCUT2D eigenvalue weighted by Crippen LogP contribution is -2.59. The molecule has 1 aliphatic heterocycles. The number of piperazine rings is 1. The highest BCUT2D eigenvalue weighted by Gasteiger charge is 2.31. The van der Waals surface area contributed by atoms with Gasteiger partial charge in [0, 0.05) is 13.1 Å². The van der Waals surface area contributed by atoms with Crippen LogP contribution in [0.15, 0.2) is 0 Å². The molecule has 1 fully saturated rings. The molecule has 2 atom stereocenters. The van der Waals surface area contributed by atoms with Crippen LogP contribution in [0.2, 0.25) is 0 Å². The SMILES string of the molecule is CCC[C@H](NC(=O)N1CCNC(=O)C1C)C(=O)O. The van der Waals surface area contributed by atoms with Crippen LogP contribution in [0.3, 0.4) is 0 Å². The number of urea groups is 1. The molecule has 18 heavy (non-hydrogen) atoms. The molecule has 102 valence electrons. The maximum Gasteiger partial charge on any atom is 0.326 e. The highest BCUT2D eigenvalue weighted by Crippen LogP contribution is 2.06. The van der Waals surface area contributed by atoms with Crippen LogP contribution >= 0.6 is 0 Å². The molecule has 3 amide bonds. The summed E-state index contributed by atoms with van der Waals surface area (Å²) in [6, 6.07) is -1.98. The Labute approximate surface area is 106 Å². The van der Waals surface area contributed by atoms with Crippen LogP contribution in [0, 0.1) is 0 Å². The summed E-state index contributed by atoms with van der Waals surface area (Å²) in [5.41, 5.74) is 0. The van der Waals surface area contributed by atoms with Gasteiger partial charge in [0.2, 0.25) is 5.91 Å². The lowest BCUT2D eigenvalue weighted by atomic mass is 10.1. The quantitative estimate of drug-likeness (QED) is 0.647. The summed E-state index contributed by atoms with van der Waals surface area (Å²) in [5.74, 6) is -1.28. The minimum absolute atomic E-state index is 0.223. The van der Waals surface area contributed by atoms with Crippen LogP contribution in [0.1, 0.15) is 26.7 Å². The number of nitrogens with zero attached hydrogens (tertiary/aromatic N) is 1. The van der Waals surface area contributed by atoms with Gasteiger partial charge in [-0.2, -0.15) is 0 Å². The van der Waals surface area contributed by atoms with Crippen molar-refractivity contribution in [2.24, 2.45) is 0 Å². The Morgan fingerprint density at radius 3 is 2.83 bits per heavy atom. The molecule has 0 bridgehead atoms. The fourth-order valence-corrected chi connectivity index (χ4v) is 1.84. The summed E-state index contributed by atoms with van der Waals surface area (Å²) in [4.78, 5) is 35.6. The van der Waals surface area contributed by atoms with Crippen molar-refractivity contribution in [2.45, 2.75) is 38.8 Å². The predicted molar refractivity (Wildman–Crippen MR) is 64.0 cm³/mol. The van der Waals surface area contributed by atoms with Crippen molar-refractivity contribution in [1.82, 2.24) is 15.5 Å². The van der Waals surface area contributed by atoms with Gasteiger partial charge in [0.15, 0.2) is 0 Å². The fourth-order valence-electron chi connectivity index (χ4n) is 1.84. The van der Waals surface area contributed by atoms with E-state index in [9.17, 15) is 14.4 Å². The molecule has 1 heterocycles. The third-order valence-corrected chi connectivity index (χ3v) is 2.93. The predicted octanol–water partition coefficient (Wildman–Crippen LogP) is -0.230. The van der Waals surface area contributed by atoms with Crippen LogP contribution < -0.4 is 10.6 Å². The van der Waals surface area contributed by atoms with E-state index in [0.717, 1.165) is 0 Å². The van der Waals surface area contributed by atoms with Crippen molar-refractivity contribution >= 4 is 17.9 Å². The second kappa shape index (κ2) is 6.23. The van der Waals surface area contributed by atoms with E-state index in [2.05, 4.69) is 10.6 Å². The minimum atomic E-state index is -1.06. The zero-order valence-electron chi connectivity index (χ0n) is 10.6. The van der Waals surface area contributed by atoms with Crippen LogP contribution in [-0.2, 0) is 9.59 Å². The lowest BCUT2D eigenvalue weighted by molar-refractivity contribution is -0.139. The molecule has 0 radical (unpaired) electrons. The Hall–Kier alpha value is -1.79. The Morgan fingerprint density at radius 1 is 1.61 bits per heavy atom. The van der Waals surface area contributed by atoms with Crippen LogP contribution in [0.25, 0.3) is 0 Å². The van der Waals surface area contributed by atoms with Gasteiger partial charge < -0.3 is 20.6 Å². The number of nitrogens with one attached hydrogen (secondary N) is 2. The van der Waals surface area contributed by atoms with Crippen LogP contribution in [-0.4, -0.2) is 53.1 Å². The van der Waals surface area contributed by atoms with E-state index in [1.54, 1.807) is 6.92 Å². The molecule has 1 unspecified atom stereocenters. The van der Waals surface area contributed by atoms with Gasteiger partial charge in [-0.1, -0.05) is 13.3 Å². The van der Waals surface area contributed by atoms with Gasteiger partial charge >= 0.3 is 12.0 Å². The van der Waals surface area contributed by atoms with Gasteiger partial charge in [-0.25, -0.2) is 9.59 Å². The smallest absolute Gasteiger partial charge is 0.326 e. The highest BCUT2D eigenvalue weighted by molar-refractivity contribution is 5.89. The number of hydrogen-bond acceptors (Lipinski definition) is 3. The summed E-state index contributed by atoms with van der Waals surface area (Å²) >= 11 is 0. The van der Waals surface area contributed by atoms with Gasteiger partial charge in [0.1, 0.15) is 12.1 Å². The summed E-state index contributed by atoms with van der Waals surface area (Å²) < 4.78 is 0. The van der Waals surface area contributed by atoms with Crippen molar-refractivity contribution in [3.8, 4) is 0 Å². The second-order valence-corrected chi connectivity index (χ2v) is 4.29. The fraction of sp³-hybridized carbons (Fsp3) is 0.727. The first-order valence-electron chi connectivity index (χ1n) is 6.05. The number of aliphatic carboxylic acids is 1. The maximum atomic E-state index is 11.9. The van der Waals surface area contributed by atoms with E-state index in [1.807, 2.05) is 6.92 Å². The zero-order valence-corrected chi connectivity index (χ0v) is 10.6. The summed E-state index contributed by atoms with van der Waals surface area (Å²) in [5, 5.41) is 14.0. The molecular formula is C11H19N3O4. The molecule has 1 aliphatic rings. The molecule has 0 aromatic heterocycles. The standard InChI is InChI=1S/C11H19N3O4/c1-3-4-8(10(16)17)13-11(18)14-6-5-12-9(15)7(14)2/h7-8H,3-6H2,1-2H3,(H,12,15)(H,13,18)(H,16,17)/t7?,8-/m0/s1. The van der Waals surface area contributed by atoms with Crippen molar-refractivity contribution in [3.05, 3.63) is 0 Å². The van der Waals surface area contributed by atoms with Gasteiger partial charge in [-0.15, -0.1) is 0 Å². The van der Waals surface area contributed by atoms with E-state index in [4.69, 9.17) is 5.11 Å². The second-order valence-electron chi connectivity index (χ2n) is 4.29. The van der Waals surface area contributed by atoms with E-state index >= 15 is 0 Å². The number of carboxylic acid groups (broad SMARTS) is 1. The van der Waals surface area contributed by atoms with E-state index in [0.29, 0.717) is 25.9 Å². The number of carboxylic acids is 1. The molecule has 7 heteroatoms. The minimum Gasteiger partial charge on any atom is -0.480 e. The normalized spacial score (nSPS) is 21.1. The monoisotopic (exact) mass is 257 g/mol. The van der Waals surface area contributed by atoms with Crippen LogP contribution in [0.5, 0.6) is 0 Å². The summed E-state index contributed by atoms with van der Waals surface area (Å²) in [7, 11) is 0. The zero-order chi connectivity index (χ0) is 13.7. The summed E-state index contributed by atoms with van der Waals surface area (Å²) in [6.07, 6.45) is 1.03. The van der Waals surface area contributed by atoms with E-state index in [-0.39, 0.29) is 5.91 Å². The van der Waals surface area contributed by atoms with E-state index in [1.165, 1.54) is 4.90 Å². The third kappa shape index (κ3) is 3.35. The number of amides is 3. The van der Waals surface area contributed by atoms with Crippen molar-refractivity contribution < 1.29 is 19.5 Å². The van der Waals surface area contributed by atoms with Crippen molar-refractivity contribution in [2.75, 3.05) is 13.1 Å². The molecule has 0 aromatic carbocycles. The number of hydrogen-bond donors (Lipinski definition) is 3. The molecule has 1 rings (SSSR count).